The molecule has 2 aromatic heterocycles. The van der Waals surface area contributed by atoms with Crippen molar-refractivity contribution in [2.24, 2.45) is 0 Å². The van der Waals surface area contributed by atoms with Crippen molar-refractivity contribution in [3.63, 3.8) is 0 Å². The minimum absolute atomic E-state index is 0.168. The second-order valence-corrected chi connectivity index (χ2v) is 4.44. The third kappa shape index (κ3) is 5.07. The van der Waals surface area contributed by atoms with Crippen LogP contribution in [0, 0.1) is 23.2 Å². The fraction of sp³-hybridized carbons (Fsp3) is 0.176. The standard InChI is InChI=1S/C17H14N4O/c18-10-4-1-2-6-14-8-9-16(20-13-14)21-17(22)12-15-7-3-5-11-19-15/h3,5,7-9,11,13H,1,4,12H2,(H,20,21,22). The first-order valence-electron chi connectivity index (χ1n) is 6.79. The van der Waals surface area contributed by atoms with Crippen molar-refractivity contribution >= 4 is 11.7 Å². The van der Waals surface area contributed by atoms with Crippen molar-refractivity contribution in [3.8, 4) is 17.9 Å². The van der Waals surface area contributed by atoms with Gasteiger partial charge in [-0.15, -0.1) is 0 Å². The number of amides is 1. The molecule has 2 heterocycles. The van der Waals surface area contributed by atoms with E-state index >= 15 is 0 Å². The molecule has 108 valence electrons. The highest BCUT2D eigenvalue weighted by molar-refractivity contribution is 5.91. The summed E-state index contributed by atoms with van der Waals surface area (Å²) < 4.78 is 0. The van der Waals surface area contributed by atoms with Crippen LogP contribution in [0.1, 0.15) is 24.1 Å². The van der Waals surface area contributed by atoms with Crippen LogP contribution in [0.4, 0.5) is 5.82 Å². The van der Waals surface area contributed by atoms with E-state index in [1.807, 2.05) is 12.1 Å². The number of unbranched alkanes of at least 4 members (excludes halogenated alkanes) is 1. The summed E-state index contributed by atoms with van der Waals surface area (Å²) in [6, 6.07) is 11.0. The van der Waals surface area contributed by atoms with Crippen molar-refractivity contribution in [2.75, 3.05) is 5.32 Å². The summed E-state index contributed by atoms with van der Waals surface area (Å²) in [4.78, 5) is 20.1. The van der Waals surface area contributed by atoms with Crippen LogP contribution in [0.25, 0.3) is 0 Å². The van der Waals surface area contributed by atoms with E-state index in [9.17, 15) is 4.79 Å². The molecule has 5 nitrogen and oxygen atoms in total. The van der Waals surface area contributed by atoms with Crippen LogP contribution in [-0.2, 0) is 11.2 Å². The van der Waals surface area contributed by atoms with Gasteiger partial charge in [0, 0.05) is 36.5 Å². The number of rotatable bonds is 4. The molecule has 0 unspecified atom stereocenters. The quantitative estimate of drug-likeness (QED) is 0.692. The first-order valence-corrected chi connectivity index (χ1v) is 6.79. The zero-order valence-corrected chi connectivity index (χ0v) is 11.9. The number of pyridine rings is 2. The predicted molar refractivity (Wildman–Crippen MR) is 82.5 cm³/mol. The van der Waals surface area contributed by atoms with E-state index in [2.05, 4.69) is 27.1 Å². The number of carbonyl (C=O) groups is 1. The Labute approximate surface area is 129 Å². The molecule has 0 bridgehead atoms. The lowest BCUT2D eigenvalue weighted by Crippen LogP contribution is -2.15. The van der Waals surface area contributed by atoms with Gasteiger partial charge in [-0.3, -0.25) is 9.78 Å². The minimum atomic E-state index is -0.168. The first-order chi connectivity index (χ1) is 10.8. The zero-order chi connectivity index (χ0) is 15.6. The number of aromatic nitrogens is 2. The Morgan fingerprint density at radius 3 is 2.77 bits per heavy atom. The maximum Gasteiger partial charge on any atom is 0.231 e. The van der Waals surface area contributed by atoms with E-state index in [0.717, 1.165) is 5.56 Å². The Kier molecular flexibility index (Phi) is 5.66. The molecule has 0 saturated carbocycles. The third-order valence-corrected chi connectivity index (χ3v) is 2.69. The minimum Gasteiger partial charge on any atom is -0.310 e. The highest BCUT2D eigenvalue weighted by Crippen LogP contribution is 2.05. The van der Waals surface area contributed by atoms with Gasteiger partial charge in [-0.2, -0.15) is 5.26 Å². The van der Waals surface area contributed by atoms with Gasteiger partial charge in [-0.25, -0.2) is 4.98 Å². The number of nitrogens with zero attached hydrogens (tertiary/aromatic N) is 3. The molecule has 2 rings (SSSR count). The van der Waals surface area contributed by atoms with Crippen LogP contribution in [0.3, 0.4) is 0 Å². The van der Waals surface area contributed by atoms with Crippen molar-refractivity contribution in [1.29, 1.82) is 5.26 Å². The topological polar surface area (TPSA) is 78.7 Å². The summed E-state index contributed by atoms with van der Waals surface area (Å²) in [5, 5.41) is 11.1. The lowest BCUT2D eigenvalue weighted by molar-refractivity contribution is -0.115. The van der Waals surface area contributed by atoms with E-state index < -0.39 is 0 Å². The summed E-state index contributed by atoms with van der Waals surface area (Å²) in [5.74, 6) is 6.11. The molecular weight excluding hydrogens is 276 g/mol. The molecule has 0 saturated heterocycles. The Hall–Kier alpha value is -3.18. The number of hydrogen-bond acceptors (Lipinski definition) is 4. The van der Waals surface area contributed by atoms with Gasteiger partial charge in [-0.05, 0) is 24.3 Å². The van der Waals surface area contributed by atoms with E-state index in [1.54, 1.807) is 36.7 Å². The van der Waals surface area contributed by atoms with Gasteiger partial charge in [0.25, 0.3) is 0 Å². The summed E-state index contributed by atoms with van der Waals surface area (Å²) in [5.41, 5.74) is 1.46. The molecule has 0 aliphatic carbocycles. The summed E-state index contributed by atoms with van der Waals surface area (Å²) in [6.07, 6.45) is 4.41. The van der Waals surface area contributed by atoms with Crippen molar-refractivity contribution in [3.05, 3.63) is 54.0 Å². The lowest BCUT2D eigenvalue weighted by atomic mass is 10.2. The van der Waals surface area contributed by atoms with E-state index in [0.29, 0.717) is 24.4 Å². The molecule has 0 aliphatic heterocycles. The molecule has 0 fully saturated rings. The van der Waals surface area contributed by atoms with Gasteiger partial charge in [0.1, 0.15) is 5.82 Å². The van der Waals surface area contributed by atoms with Crippen LogP contribution in [-0.4, -0.2) is 15.9 Å². The second kappa shape index (κ2) is 8.18. The van der Waals surface area contributed by atoms with Crippen LogP contribution < -0.4 is 5.32 Å². The number of carbonyl (C=O) groups excluding carboxylic acids is 1. The number of nitriles is 1. The van der Waals surface area contributed by atoms with Crippen LogP contribution in [0.15, 0.2) is 42.7 Å². The van der Waals surface area contributed by atoms with E-state index in [1.165, 1.54) is 0 Å². The number of nitrogens with one attached hydrogen (secondary N) is 1. The number of hydrogen-bond donors (Lipinski definition) is 1. The van der Waals surface area contributed by atoms with Gasteiger partial charge < -0.3 is 5.32 Å². The van der Waals surface area contributed by atoms with Gasteiger partial charge >= 0.3 is 0 Å². The molecule has 0 atom stereocenters. The van der Waals surface area contributed by atoms with Crippen LogP contribution >= 0.6 is 0 Å². The molecule has 0 aromatic carbocycles. The van der Waals surface area contributed by atoms with Gasteiger partial charge in [0.2, 0.25) is 5.91 Å². The largest absolute Gasteiger partial charge is 0.310 e. The van der Waals surface area contributed by atoms with Gasteiger partial charge in [-0.1, -0.05) is 17.9 Å². The fourth-order valence-corrected chi connectivity index (χ4v) is 1.68. The molecule has 22 heavy (non-hydrogen) atoms. The molecule has 5 heteroatoms. The molecule has 0 aliphatic rings. The number of anilines is 1. The Bertz CT molecular complexity index is 721. The average molecular weight is 290 g/mol. The summed E-state index contributed by atoms with van der Waals surface area (Å²) >= 11 is 0. The summed E-state index contributed by atoms with van der Waals surface area (Å²) in [6.45, 7) is 0. The average Bonchev–Trinajstić information content (AvgIpc) is 2.54. The van der Waals surface area contributed by atoms with E-state index in [4.69, 9.17) is 5.26 Å². The maximum atomic E-state index is 11.9. The molecular formula is C17H14N4O. The predicted octanol–water partition coefficient (Wildman–Crippen LogP) is 2.31. The first kappa shape index (κ1) is 15.2. The fourth-order valence-electron chi connectivity index (χ4n) is 1.68. The zero-order valence-electron chi connectivity index (χ0n) is 11.9. The van der Waals surface area contributed by atoms with Crippen LogP contribution in [0.5, 0.6) is 0 Å². The maximum absolute atomic E-state index is 11.9. The molecule has 0 spiro atoms. The second-order valence-electron chi connectivity index (χ2n) is 4.44. The highest BCUT2D eigenvalue weighted by atomic mass is 16.1. The SMILES string of the molecule is N#CCCC#Cc1ccc(NC(=O)Cc2ccccn2)nc1. The van der Waals surface area contributed by atoms with Crippen molar-refractivity contribution in [1.82, 2.24) is 9.97 Å². The molecule has 0 radical (unpaired) electrons. The Balaban J connectivity index is 1.89. The summed E-state index contributed by atoms with van der Waals surface area (Å²) in [7, 11) is 0. The Morgan fingerprint density at radius 1 is 1.18 bits per heavy atom. The normalized spacial score (nSPS) is 9.23. The smallest absolute Gasteiger partial charge is 0.231 e. The monoisotopic (exact) mass is 290 g/mol. The third-order valence-electron chi connectivity index (χ3n) is 2.69. The van der Waals surface area contributed by atoms with Gasteiger partial charge in [0.05, 0.1) is 12.5 Å². The van der Waals surface area contributed by atoms with Gasteiger partial charge in [0.15, 0.2) is 0 Å². The Morgan fingerprint density at radius 2 is 2.09 bits per heavy atom. The van der Waals surface area contributed by atoms with Crippen molar-refractivity contribution in [2.45, 2.75) is 19.3 Å². The van der Waals surface area contributed by atoms with Crippen LogP contribution in [0.2, 0.25) is 0 Å². The van der Waals surface area contributed by atoms with Crippen molar-refractivity contribution < 1.29 is 4.79 Å². The molecule has 1 N–H and O–H groups in total. The molecule has 1 amide bonds. The lowest BCUT2D eigenvalue weighted by Gasteiger charge is -2.03. The molecule has 2 aromatic rings. The van der Waals surface area contributed by atoms with E-state index in [-0.39, 0.29) is 12.3 Å². The highest BCUT2D eigenvalue weighted by Gasteiger charge is 2.05.